The summed E-state index contributed by atoms with van der Waals surface area (Å²) in [6.07, 6.45) is 0. The number of thiocarbonyl (C=S) groups is 1. The molecule has 0 saturated carbocycles. The lowest BCUT2D eigenvalue weighted by Gasteiger charge is -2.16. The van der Waals surface area contributed by atoms with Crippen LogP contribution in [0.15, 0.2) is 36.4 Å². The summed E-state index contributed by atoms with van der Waals surface area (Å²) in [6, 6.07) is 11.4. The van der Waals surface area contributed by atoms with Gasteiger partial charge in [0.1, 0.15) is 5.75 Å². The Morgan fingerprint density at radius 1 is 0.880 bits per heavy atom. The fourth-order valence-corrected chi connectivity index (χ4v) is 2.44. The Morgan fingerprint density at radius 2 is 1.48 bits per heavy atom. The van der Waals surface area contributed by atoms with Crippen LogP contribution in [0.2, 0.25) is 0 Å². The van der Waals surface area contributed by atoms with Gasteiger partial charge in [-0.05, 0) is 29.9 Å². The van der Waals surface area contributed by atoms with E-state index in [1.54, 1.807) is 40.6 Å². The molecule has 0 bridgehead atoms. The highest BCUT2D eigenvalue weighted by Gasteiger charge is 2.13. The second kappa shape index (κ2) is 8.98. The van der Waals surface area contributed by atoms with E-state index in [-0.39, 0.29) is 0 Å². The van der Waals surface area contributed by atoms with Gasteiger partial charge in [-0.15, -0.1) is 0 Å². The number of nitrogens with one attached hydrogen (secondary N) is 2. The molecule has 0 saturated heterocycles. The van der Waals surface area contributed by atoms with E-state index in [1.807, 2.05) is 24.3 Å². The third-order valence-corrected chi connectivity index (χ3v) is 3.78. The first kappa shape index (κ1) is 18.7. The summed E-state index contributed by atoms with van der Waals surface area (Å²) >= 11 is 5.34. The van der Waals surface area contributed by atoms with Gasteiger partial charge in [0.05, 0.1) is 28.4 Å². The molecule has 0 aliphatic carbocycles. The number of methoxy groups -OCH3 is 4. The molecule has 2 rings (SSSR count). The van der Waals surface area contributed by atoms with Crippen LogP contribution >= 0.6 is 12.2 Å². The van der Waals surface area contributed by atoms with Crippen molar-refractivity contribution < 1.29 is 18.9 Å². The van der Waals surface area contributed by atoms with E-state index < -0.39 is 0 Å². The molecule has 2 aromatic carbocycles. The Balaban J connectivity index is 2.01. The summed E-state index contributed by atoms with van der Waals surface area (Å²) < 4.78 is 21.1. The molecule has 7 heteroatoms. The van der Waals surface area contributed by atoms with Gasteiger partial charge < -0.3 is 29.6 Å². The van der Waals surface area contributed by atoms with Crippen molar-refractivity contribution in [3.8, 4) is 23.0 Å². The molecule has 0 amide bonds. The van der Waals surface area contributed by atoms with Crippen molar-refractivity contribution in [1.82, 2.24) is 5.32 Å². The van der Waals surface area contributed by atoms with Crippen LogP contribution in [0.3, 0.4) is 0 Å². The first-order valence-corrected chi connectivity index (χ1v) is 8.00. The molecular formula is C18H22N2O4S. The zero-order chi connectivity index (χ0) is 18.2. The monoisotopic (exact) mass is 362 g/mol. The van der Waals surface area contributed by atoms with E-state index in [1.165, 1.54) is 0 Å². The average Bonchev–Trinajstić information content (AvgIpc) is 2.65. The van der Waals surface area contributed by atoms with Crippen LogP contribution in [0.25, 0.3) is 0 Å². The fraction of sp³-hybridized carbons (Fsp3) is 0.278. The Labute approximate surface area is 153 Å². The van der Waals surface area contributed by atoms with Gasteiger partial charge in [-0.1, -0.05) is 12.1 Å². The van der Waals surface area contributed by atoms with Crippen molar-refractivity contribution >= 4 is 23.0 Å². The van der Waals surface area contributed by atoms with E-state index in [9.17, 15) is 0 Å². The molecule has 2 aromatic rings. The minimum atomic E-state index is 0.491. The molecule has 134 valence electrons. The Hall–Kier alpha value is -2.67. The minimum Gasteiger partial charge on any atom is -0.497 e. The zero-order valence-corrected chi connectivity index (χ0v) is 15.5. The SMILES string of the molecule is COc1ccc(CNC(=S)Nc2cc(OC)c(OC)c(OC)c2)cc1. The second-order valence-corrected chi connectivity index (χ2v) is 5.48. The number of ether oxygens (including phenoxy) is 4. The maximum atomic E-state index is 5.34. The number of anilines is 1. The predicted octanol–water partition coefficient (Wildman–Crippen LogP) is 3.21. The van der Waals surface area contributed by atoms with Crippen LogP contribution in [-0.2, 0) is 6.54 Å². The van der Waals surface area contributed by atoms with Crippen molar-refractivity contribution in [2.45, 2.75) is 6.54 Å². The van der Waals surface area contributed by atoms with Crippen LogP contribution < -0.4 is 29.6 Å². The molecule has 0 atom stereocenters. The van der Waals surface area contributed by atoms with Crippen molar-refractivity contribution in [3.63, 3.8) is 0 Å². The standard InChI is InChI=1S/C18H22N2O4S/c1-21-14-7-5-12(6-8-14)11-19-18(25)20-13-9-15(22-2)17(24-4)16(10-13)23-3/h5-10H,11H2,1-4H3,(H2,19,20,25). The summed E-state index contributed by atoms with van der Waals surface area (Å²) in [4.78, 5) is 0. The van der Waals surface area contributed by atoms with Gasteiger partial charge in [-0.2, -0.15) is 0 Å². The van der Waals surface area contributed by atoms with Crippen LogP contribution in [0.5, 0.6) is 23.0 Å². The molecule has 25 heavy (non-hydrogen) atoms. The van der Waals surface area contributed by atoms with Crippen LogP contribution in [0.1, 0.15) is 5.56 Å². The van der Waals surface area contributed by atoms with E-state index in [2.05, 4.69) is 10.6 Å². The molecule has 6 nitrogen and oxygen atoms in total. The van der Waals surface area contributed by atoms with Gasteiger partial charge in [-0.3, -0.25) is 0 Å². The number of hydrogen-bond acceptors (Lipinski definition) is 5. The molecule has 0 fully saturated rings. The third-order valence-electron chi connectivity index (χ3n) is 3.53. The third kappa shape index (κ3) is 4.90. The first-order chi connectivity index (χ1) is 12.1. The molecular weight excluding hydrogens is 340 g/mol. The fourth-order valence-electron chi connectivity index (χ4n) is 2.25. The van der Waals surface area contributed by atoms with Gasteiger partial charge in [0, 0.05) is 24.4 Å². The smallest absolute Gasteiger partial charge is 0.203 e. The Bertz CT molecular complexity index is 695. The minimum absolute atomic E-state index is 0.491. The summed E-state index contributed by atoms with van der Waals surface area (Å²) in [7, 11) is 6.35. The molecule has 0 aliphatic heterocycles. The molecule has 0 aromatic heterocycles. The molecule has 0 heterocycles. The van der Waals surface area contributed by atoms with Gasteiger partial charge in [0.15, 0.2) is 16.6 Å². The van der Waals surface area contributed by atoms with Gasteiger partial charge in [0.25, 0.3) is 0 Å². The quantitative estimate of drug-likeness (QED) is 0.734. The predicted molar refractivity (Wildman–Crippen MR) is 102 cm³/mol. The number of hydrogen-bond donors (Lipinski definition) is 2. The van der Waals surface area contributed by atoms with Crippen LogP contribution in [0.4, 0.5) is 5.69 Å². The van der Waals surface area contributed by atoms with Gasteiger partial charge in [-0.25, -0.2) is 0 Å². The lowest BCUT2D eigenvalue weighted by molar-refractivity contribution is 0.324. The van der Waals surface area contributed by atoms with Crippen molar-refractivity contribution in [3.05, 3.63) is 42.0 Å². The van der Waals surface area contributed by atoms with E-state index in [4.69, 9.17) is 31.2 Å². The highest BCUT2D eigenvalue weighted by atomic mass is 32.1. The van der Waals surface area contributed by atoms with E-state index in [0.29, 0.717) is 28.9 Å². The molecule has 0 radical (unpaired) electrons. The Morgan fingerprint density at radius 3 is 1.96 bits per heavy atom. The summed E-state index contributed by atoms with van der Waals surface area (Å²) in [5, 5.41) is 6.76. The number of rotatable bonds is 7. The van der Waals surface area contributed by atoms with Crippen molar-refractivity contribution in [2.24, 2.45) is 0 Å². The second-order valence-electron chi connectivity index (χ2n) is 5.07. The highest BCUT2D eigenvalue weighted by molar-refractivity contribution is 7.80. The lowest BCUT2D eigenvalue weighted by Crippen LogP contribution is -2.27. The molecule has 2 N–H and O–H groups in total. The van der Waals surface area contributed by atoms with Gasteiger partial charge >= 0.3 is 0 Å². The summed E-state index contributed by atoms with van der Waals surface area (Å²) in [6.45, 7) is 0.597. The van der Waals surface area contributed by atoms with E-state index in [0.717, 1.165) is 17.0 Å². The normalized spacial score (nSPS) is 9.92. The van der Waals surface area contributed by atoms with Gasteiger partial charge in [0.2, 0.25) is 5.75 Å². The number of benzene rings is 2. The lowest BCUT2D eigenvalue weighted by atomic mass is 10.2. The highest BCUT2D eigenvalue weighted by Crippen LogP contribution is 2.39. The first-order valence-electron chi connectivity index (χ1n) is 7.59. The largest absolute Gasteiger partial charge is 0.497 e. The van der Waals surface area contributed by atoms with Crippen molar-refractivity contribution in [1.29, 1.82) is 0 Å². The topological polar surface area (TPSA) is 61.0 Å². The van der Waals surface area contributed by atoms with Crippen LogP contribution in [-0.4, -0.2) is 33.6 Å². The average molecular weight is 362 g/mol. The van der Waals surface area contributed by atoms with E-state index >= 15 is 0 Å². The molecule has 0 spiro atoms. The zero-order valence-electron chi connectivity index (χ0n) is 14.7. The van der Waals surface area contributed by atoms with Crippen molar-refractivity contribution in [2.75, 3.05) is 33.8 Å². The van der Waals surface area contributed by atoms with Crippen LogP contribution in [0, 0.1) is 0 Å². The molecule has 0 aliphatic rings. The maximum absolute atomic E-state index is 5.34. The molecule has 0 unspecified atom stereocenters. The summed E-state index contributed by atoms with van der Waals surface area (Å²) in [5.74, 6) is 2.47. The maximum Gasteiger partial charge on any atom is 0.203 e. The Kier molecular flexibility index (Phi) is 6.71. The summed E-state index contributed by atoms with van der Waals surface area (Å²) in [5.41, 5.74) is 1.83.